The third kappa shape index (κ3) is 6.25. The predicted molar refractivity (Wildman–Crippen MR) is 97.5 cm³/mol. The number of carbonyl (C=O) groups is 2. The van der Waals surface area contributed by atoms with Crippen molar-refractivity contribution in [3.8, 4) is 5.75 Å². The SMILES string of the molecule is NS(=O)(=O)c1ccc(Br)c(C(=O)OCC(=O)Nc2ccc(OC(F)F)cc2)c1. The quantitative estimate of drug-likeness (QED) is 0.588. The first-order chi connectivity index (χ1) is 13.1. The maximum atomic E-state index is 12.1. The van der Waals surface area contributed by atoms with Crippen molar-refractivity contribution in [1.82, 2.24) is 0 Å². The number of nitrogens with one attached hydrogen (secondary N) is 1. The summed E-state index contributed by atoms with van der Waals surface area (Å²) in [5.74, 6) is -1.73. The molecule has 12 heteroatoms. The third-order valence-electron chi connectivity index (χ3n) is 3.18. The molecule has 2 aromatic carbocycles. The maximum Gasteiger partial charge on any atom is 0.387 e. The molecule has 2 rings (SSSR count). The number of anilines is 1. The summed E-state index contributed by atoms with van der Waals surface area (Å²) in [6.45, 7) is -3.63. The molecule has 0 saturated heterocycles. The van der Waals surface area contributed by atoms with Crippen LogP contribution >= 0.6 is 15.9 Å². The van der Waals surface area contributed by atoms with Crippen LogP contribution in [0.15, 0.2) is 51.8 Å². The van der Waals surface area contributed by atoms with Crippen LogP contribution in [0.4, 0.5) is 14.5 Å². The van der Waals surface area contributed by atoms with E-state index < -0.39 is 35.1 Å². The first-order valence-electron chi connectivity index (χ1n) is 7.40. The Hall–Kier alpha value is -2.57. The molecule has 0 spiro atoms. The minimum atomic E-state index is -4.02. The molecule has 150 valence electrons. The molecule has 0 saturated carbocycles. The van der Waals surface area contributed by atoms with Crippen molar-refractivity contribution in [2.75, 3.05) is 11.9 Å². The summed E-state index contributed by atoms with van der Waals surface area (Å²) in [6.07, 6.45) is 0. The molecular weight excluding hydrogens is 466 g/mol. The van der Waals surface area contributed by atoms with Crippen LogP contribution in [-0.2, 0) is 19.6 Å². The van der Waals surface area contributed by atoms with Crippen LogP contribution < -0.4 is 15.2 Å². The summed E-state index contributed by atoms with van der Waals surface area (Å²) in [5.41, 5.74) is 0.132. The average molecular weight is 479 g/mol. The average Bonchev–Trinajstić information content (AvgIpc) is 2.60. The minimum Gasteiger partial charge on any atom is -0.452 e. The summed E-state index contributed by atoms with van der Waals surface area (Å²) in [5, 5.41) is 7.40. The summed E-state index contributed by atoms with van der Waals surface area (Å²) < 4.78 is 56.2. The third-order valence-corrected chi connectivity index (χ3v) is 4.79. The van der Waals surface area contributed by atoms with Gasteiger partial charge in [0.05, 0.1) is 10.5 Å². The fourth-order valence-electron chi connectivity index (χ4n) is 1.96. The molecule has 0 aromatic heterocycles. The van der Waals surface area contributed by atoms with Crippen molar-refractivity contribution >= 4 is 43.5 Å². The Kier molecular flexibility index (Phi) is 7.05. The van der Waals surface area contributed by atoms with Crippen LogP contribution in [0.3, 0.4) is 0 Å². The molecule has 1 amide bonds. The fraction of sp³-hybridized carbons (Fsp3) is 0.125. The maximum absolute atomic E-state index is 12.1. The van der Waals surface area contributed by atoms with Gasteiger partial charge in [0.25, 0.3) is 5.91 Å². The van der Waals surface area contributed by atoms with E-state index in [1.807, 2.05) is 0 Å². The Bertz CT molecular complexity index is 983. The second kappa shape index (κ2) is 9.08. The van der Waals surface area contributed by atoms with E-state index in [0.29, 0.717) is 0 Å². The van der Waals surface area contributed by atoms with Crippen LogP contribution in [0, 0.1) is 0 Å². The molecule has 0 aliphatic carbocycles. The number of alkyl halides is 2. The van der Waals surface area contributed by atoms with E-state index in [2.05, 4.69) is 26.0 Å². The number of sulfonamides is 1. The second-order valence-corrected chi connectivity index (χ2v) is 7.63. The van der Waals surface area contributed by atoms with E-state index in [1.165, 1.54) is 36.4 Å². The highest BCUT2D eigenvalue weighted by Crippen LogP contribution is 2.21. The van der Waals surface area contributed by atoms with Crippen molar-refractivity contribution in [3.05, 3.63) is 52.5 Å². The van der Waals surface area contributed by atoms with Crippen molar-refractivity contribution in [2.24, 2.45) is 5.14 Å². The Balaban J connectivity index is 1.96. The number of nitrogens with two attached hydrogens (primary N) is 1. The highest BCUT2D eigenvalue weighted by molar-refractivity contribution is 9.10. The van der Waals surface area contributed by atoms with E-state index >= 15 is 0 Å². The molecule has 0 bridgehead atoms. The first kappa shape index (κ1) is 21.7. The van der Waals surface area contributed by atoms with Gasteiger partial charge in [-0.25, -0.2) is 18.4 Å². The molecule has 8 nitrogen and oxygen atoms in total. The molecule has 0 heterocycles. The summed E-state index contributed by atoms with van der Waals surface area (Å²) in [7, 11) is -4.02. The molecule has 2 aromatic rings. The van der Waals surface area contributed by atoms with Gasteiger partial charge in [-0.05, 0) is 58.4 Å². The number of benzene rings is 2. The Morgan fingerprint density at radius 2 is 1.79 bits per heavy atom. The number of esters is 1. The summed E-state index contributed by atoms with van der Waals surface area (Å²) >= 11 is 3.08. The lowest BCUT2D eigenvalue weighted by atomic mass is 10.2. The molecule has 0 radical (unpaired) electrons. The van der Waals surface area contributed by atoms with Gasteiger partial charge in [0.2, 0.25) is 10.0 Å². The van der Waals surface area contributed by atoms with Crippen LogP contribution in [0.5, 0.6) is 5.75 Å². The lowest BCUT2D eigenvalue weighted by molar-refractivity contribution is -0.119. The lowest BCUT2D eigenvalue weighted by Gasteiger charge is -2.09. The van der Waals surface area contributed by atoms with Gasteiger partial charge in [0, 0.05) is 10.2 Å². The van der Waals surface area contributed by atoms with Gasteiger partial charge >= 0.3 is 12.6 Å². The summed E-state index contributed by atoms with van der Waals surface area (Å²) in [4.78, 5) is 23.7. The largest absolute Gasteiger partial charge is 0.452 e. The zero-order valence-electron chi connectivity index (χ0n) is 13.9. The van der Waals surface area contributed by atoms with Crippen LogP contribution in [0.25, 0.3) is 0 Å². The monoisotopic (exact) mass is 478 g/mol. The molecular formula is C16H13BrF2N2O6S. The number of hydrogen-bond acceptors (Lipinski definition) is 6. The van der Waals surface area contributed by atoms with Gasteiger partial charge in [-0.1, -0.05) is 0 Å². The number of rotatable bonds is 7. The Morgan fingerprint density at radius 3 is 2.36 bits per heavy atom. The number of primary sulfonamides is 1. The minimum absolute atomic E-state index is 0.0842. The van der Waals surface area contributed by atoms with Crippen molar-refractivity contribution in [1.29, 1.82) is 0 Å². The van der Waals surface area contributed by atoms with Gasteiger partial charge in [-0.2, -0.15) is 8.78 Å². The van der Waals surface area contributed by atoms with Crippen LogP contribution in [-0.4, -0.2) is 33.5 Å². The highest BCUT2D eigenvalue weighted by atomic mass is 79.9. The van der Waals surface area contributed by atoms with Gasteiger partial charge in [-0.15, -0.1) is 0 Å². The van der Waals surface area contributed by atoms with E-state index in [1.54, 1.807) is 0 Å². The number of hydrogen-bond donors (Lipinski definition) is 2. The van der Waals surface area contributed by atoms with Crippen LogP contribution in [0.2, 0.25) is 0 Å². The smallest absolute Gasteiger partial charge is 0.387 e. The highest BCUT2D eigenvalue weighted by Gasteiger charge is 2.18. The van der Waals surface area contributed by atoms with E-state index in [9.17, 15) is 26.8 Å². The number of ether oxygens (including phenoxy) is 2. The van der Waals surface area contributed by atoms with Crippen molar-refractivity contribution in [2.45, 2.75) is 11.5 Å². The van der Waals surface area contributed by atoms with Gasteiger partial charge in [0.15, 0.2) is 6.61 Å². The molecule has 0 unspecified atom stereocenters. The Morgan fingerprint density at radius 1 is 1.14 bits per heavy atom. The van der Waals surface area contributed by atoms with Crippen molar-refractivity contribution in [3.63, 3.8) is 0 Å². The number of carbonyl (C=O) groups excluding carboxylic acids is 2. The number of halogens is 3. The van der Waals surface area contributed by atoms with Gasteiger partial charge in [0.1, 0.15) is 5.75 Å². The molecule has 28 heavy (non-hydrogen) atoms. The first-order valence-corrected chi connectivity index (χ1v) is 9.74. The lowest BCUT2D eigenvalue weighted by Crippen LogP contribution is -2.21. The summed E-state index contributed by atoms with van der Waals surface area (Å²) in [6, 6.07) is 8.62. The molecule has 0 aliphatic heterocycles. The van der Waals surface area contributed by atoms with E-state index in [-0.39, 0.29) is 26.4 Å². The number of amides is 1. The molecule has 3 N–H and O–H groups in total. The van der Waals surface area contributed by atoms with Gasteiger partial charge < -0.3 is 14.8 Å². The van der Waals surface area contributed by atoms with E-state index in [4.69, 9.17) is 9.88 Å². The zero-order chi connectivity index (χ0) is 20.9. The van der Waals surface area contributed by atoms with Crippen molar-refractivity contribution < 1.29 is 36.3 Å². The Labute approximate surface area is 166 Å². The standard InChI is InChI=1S/C16H13BrF2N2O6S/c17-13-6-5-11(28(20,24)25)7-12(13)15(23)26-8-14(22)21-9-1-3-10(4-2-9)27-16(18)19/h1-7,16H,8H2,(H,21,22)(H2,20,24,25). The predicted octanol–water partition coefficient (Wildman–Crippen LogP) is 2.49. The topological polar surface area (TPSA) is 125 Å². The molecule has 0 atom stereocenters. The fourth-order valence-corrected chi connectivity index (χ4v) is 2.91. The molecule has 0 aliphatic rings. The normalized spacial score (nSPS) is 11.2. The van der Waals surface area contributed by atoms with Gasteiger partial charge in [-0.3, -0.25) is 4.79 Å². The zero-order valence-corrected chi connectivity index (χ0v) is 16.3. The second-order valence-electron chi connectivity index (χ2n) is 5.21. The molecule has 0 fully saturated rings. The van der Waals surface area contributed by atoms with Crippen LogP contribution in [0.1, 0.15) is 10.4 Å². The van der Waals surface area contributed by atoms with E-state index in [0.717, 1.165) is 6.07 Å².